The molecule has 0 aliphatic heterocycles. The van der Waals surface area contributed by atoms with Crippen LogP contribution in [0.3, 0.4) is 0 Å². The van der Waals surface area contributed by atoms with Crippen molar-refractivity contribution in [3.63, 3.8) is 0 Å². The van der Waals surface area contributed by atoms with Gasteiger partial charge in [0.1, 0.15) is 0 Å². The molecule has 0 bridgehead atoms. The van der Waals surface area contributed by atoms with Crippen LogP contribution in [0.15, 0.2) is 24.3 Å². The predicted octanol–water partition coefficient (Wildman–Crippen LogP) is 0.815. The number of amides is 1. The molecule has 7 heteroatoms. The lowest BCUT2D eigenvalue weighted by Crippen LogP contribution is -2.21. The normalized spacial score (nSPS) is 10.5. The molecule has 0 unspecified atom stereocenters. The van der Waals surface area contributed by atoms with E-state index in [1.807, 2.05) is 31.2 Å². The van der Waals surface area contributed by atoms with Crippen molar-refractivity contribution in [1.29, 1.82) is 0 Å². The van der Waals surface area contributed by atoms with Crippen LogP contribution in [-0.2, 0) is 11.8 Å². The molecule has 0 saturated heterocycles. The highest BCUT2D eigenvalue weighted by Gasteiger charge is 2.07. The molecule has 0 atom stereocenters. The maximum absolute atomic E-state index is 11.8. The van der Waals surface area contributed by atoms with Gasteiger partial charge in [-0.25, -0.2) is 4.68 Å². The first-order valence-corrected chi connectivity index (χ1v) is 6.54. The molecule has 1 aromatic carbocycles. The van der Waals surface area contributed by atoms with Crippen molar-refractivity contribution in [2.45, 2.75) is 13.3 Å². The second kappa shape index (κ2) is 6.76. The quantitative estimate of drug-likeness (QED) is 0.762. The van der Waals surface area contributed by atoms with Crippen molar-refractivity contribution in [2.24, 2.45) is 7.05 Å². The van der Waals surface area contributed by atoms with Crippen LogP contribution in [0.5, 0.6) is 0 Å². The summed E-state index contributed by atoms with van der Waals surface area (Å²) < 4.78 is 1.59. The molecule has 2 N–H and O–H groups in total. The summed E-state index contributed by atoms with van der Waals surface area (Å²) in [6, 6.07) is 7.47. The number of anilines is 1. The molecule has 20 heavy (non-hydrogen) atoms. The van der Waals surface area contributed by atoms with Gasteiger partial charge in [0, 0.05) is 31.3 Å². The van der Waals surface area contributed by atoms with Crippen molar-refractivity contribution in [1.82, 2.24) is 25.5 Å². The molecule has 1 heterocycles. The van der Waals surface area contributed by atoms with Crippen molar-refractivity contribution >= 4 is 11.6 Å². The fraction of sp³-hybridized carbons (Fsp3) is 0.385. The first-order chi connectivity index (χ1) is 9.70. The largest absolute Gasteiger partial charge is 0.326 e. The van der Waals surface area contributed by atoms with Crippen LogP contribution < -0.4 is 10.6 Å². The number of benzene rings is 1. The molecule has 1 aromatic heterocycles. The Hall–Kier alpha value is -2.28. The Morgan fingerprint density at radius 1 is 1.40 bits per heavy atom. The van der Waals surface area contributed by atoms with Crippen molar-refractivity contribution in [2.75, 3.05) is 18.4 Å². The van der Waals surface area contributed by atoms with E-state index < -0.39 is 0 Å². The number of carbonyl (C=O) groups is 1. The number of carbonyl (C=O) groups excluding carboxylic acids is 1. The van der Waals surface area contributed by atoms with Gasteiger partial charge in [-0.3, -0.25) is 4.79 Å². The fourth-order valence-electron chi connectivity index (χ4n) is 1.81. The van der Waals surface area contributed by atoms with Gasteiger partial charge < -0.3 is 10.6 Å². The second-order valence-corrected chi connectivity index (χ2v) is 4.36. The van der Waals surface area contributed by atoms with E-state index in [-0.39, 0.29) is 5.91 Å². The minimum atomic E-state index is -0.0146. The molecule has 0 radical (unpaired) electrons. The van der Waals surface area contributed by atoms with Gasteiger partial charge in [-0.15, -0.1) is 5.10 Å². The van der Waals surface area contributed by atoms with Gasteiger partial charge in [-0.2, -0.15) is 0 Å². The molecular weight excluding hydrogens is 256 g/mol. The van der Waals surface area contributed by atoms with Gasteiger partial charge in [0.15, 0.2) is 5.82 Å². The van der Waals surface area contributed by atoms with E-state index in [0.29, 0.717) is 18.8 Å². The Morgan fingerprint density at radius 2 is 2.25 bits per heavy atom. The summed E-state index contributed by atoms with van der Waals surface area (Å²) in [5.74, 6) is 0.646. The highest BCUT2D eigenvalue weighted by molar-refractivity contribution is 5.91. The molecule has 0 aliphatic carbocycles. The summed E-state index contributed by atoms with van der Waals surface area (Å²) in [4.78, 5) is 11.8. The molecule has 7 nitrogen and oxygen atoms in total. The standard InChI is InChI=1S/C13H18N6O/c1-3-14-8-7-12(20)15-11-6-4-5-10(9-11)13-16-17-18-19(13)2/h4-6,9,14H,3,7-8H2,1-2H3,(H,15,20). The highest BCUT2D eigenvalue weighted by atomic mass is 16.1. The van der Waals surface area contributed by atoms with Crippen LogP contribution in [-0.4, -0.2) is 39.2 Å². The zero-order valence-corrected chi connectivity index (χ0v) is 11.6. The number of tetrazole rings is 1. The van der Waals surface area contributed by atoms with Gasteiger partial charge in [-0.05, 0) is 29.1 Å². The lowest BCUT2D eigenvalue weighted by atomic mass is 10.2. The lowest BCUT2D eigenvalue weighted by molar-refractivity contribution is -0.116. The van der Waals surface area contributed by atoms with Gasteiger partial charge in [0.05, 0.1) is 0 Å². The summed E-state index contributed by atoms with van der Waals surface area (Å²) in [5, 5.41) is 17.3. The van der Waals surface area contributed by atoms with Crippen molar-refractivity contribution < 1.29 is 4.79 Å². The predicted molar refractivity (Wildman–Crippen MR) is 76.0 cm³/mol. The third-order valence-corrected chi connectivity index (χ3v) is 2.80. The van der Waals surface area contributed by atoms with Crippen LogP contribution >= 0.6 is 0 Å². The summed E-state index contributed by atoms with van der Waals surface area (Å²) in [7, 11) is 1.77. The number of nitrogens with one attached hydrogen (secondary N) is 2. The van der Waals surface area contributed by atoms with E-state index in [4.69, 9.17) is 0 Å². The number of hydrogen-bond acceptors (Lipinski definition) is 5. The molecule has 1 amide bonds. The lowest BCUT2D eigenvalue weighted by Gasteiger charge is -2.07. The van der Waals surface area contributed by atoms with E-state index in [2.05, 4.69) is 26.2 Å². The number of hydrogen-bond donors (Lipinski definition) is 2. The van der Waals surface area contributed by atoms with Gasteiger partial charge in [0.2, 0.25) is 5.91 Å². The first-order valence-electron chi connectivity index (χ1n) is 6.54. The molecule has 0 saturated carbocycles. The molecule has 106 valence electrons. The Bertz CT molecular complexity index is 580. The summed E-state index contributed by atoms with van der Waals surface area (Å²) in [6.07, 6.45) is 0.448. The Kier molecular flexibility index (Phi) is 4.78. The Morgan fingerprint density at radius 3 is 2.95 bits per heavy atom. The zero-order valence-electron chi connectivity index (χ0n) is 11.6. The fourth-order valence-corrected chi connectivity index (χ4v) is 1.81. The summed E-state index contributed by atoms with van der Waals surface area (Å²) >= 11 is 0. The van der Waals surface area contributed by atoms with E-state index in [1.54, 1.807) is 11.7 Å². The zero-order chi connectivity index (χ0) is 14.4. The summed E-state index contributed by atoms with van der Waals surface area (Å²) in [5.41, 5.74) is 1.61. The van der Waals surface area contributed by atoms with Crippen LogP contribution in [0.25, 0.3) is 11.4 Å². The SMILES string of the molecule is CCNCCC(=O)Nc1cccc(-c2nnnn2C)c1. The molecule has 2 aromatic rings. The van der Waals surface area contributed by atoms with Crippen LogP contribution in [0.1, 0.15) is 13.3 Å². The average molecular weight is 274 g/mol. The van der Waals surface area contributed by atoms with E-state index in [9.17, 15) is 4.79 Å². The molecule has 0 aliphatic rings. The van der Waals surface area contributed by atoms with Crippen molar-refractivity contribution in [3.05, 3.63) is 24.3 Å². The molecule has 0 fully saturated rings. The van der Waals surface area contributed by atoms with Gasteiger partial charge in [0.25, 0.3) is 0 Å². The Labute approximate surface area is 117 Å². The smallest absolute Gasteiger partial charge is 0.225 e. The highest BCUT2D eigenvalue weighted by Crippen LogP contribution is 2.19. The number of aryl methyl sites for hydroxylation is 1. The number of rotatable bonds is 6. The maximum Gasteiger partial charge on any atom is 0.225 e. The first kappa shape index (κ1) is 14.1. The summed E-state index contributed by atoms with van der Waals surface area (Å²) in [6.45, 7) is 3.55. The van der Waals surface area contributed by atoms with Crippen LogP contribution in [0, 0.1) is 0 Å². The van der Waals surface area contributed by atoms with E-state index >= 15 is 0 Å². The third-order valence-electron chi connectivity index (χ3n) is 2.80. The second-order valence-electron chi connectivity index (χ2n) is 4.36. The van der Waals surface area contributed by atoms with E-state index in [1.165, 1.54) is 0 Å². The third kappa shape index (κ3) is 3.61. The molecular formula is C13H18N6O. The van der Waals surface area contributed by atoms with E-state index in [0.717, 1.165) is 17.8 Å². The minimum Gasteiger partial charge on any atom is -0.326 e. The van der Waals surface area contributed by atoms with Crippen LogP contribution in [0.2, 0.25) is 0 Å². The van der Waals surface area contributed by atoms with Crippen molar-refractivity contribution in [3.8, 4) is 11.4 Å². The van der Waals surface area contributed by atoms with Gasteiger partial charge >= 0.3 is 0 Å². The monoisotopic (exact) mass is 274 g/mol. The topological polar surface area (TPSA) is 84.7 Å². The molecule has 2 rings (SSSR count). The van der Waals surface area contributed by atoms with Gasteiger partial charge in [-0.1, -0.05) is 19.1 Å². The maximum atomic E-state index is 11.8. The Balaban J connectivity index is 2.03. The van der Waals surface area contributed by atoms with Crippen LogP contribution in [0.4, 0.5) is 5.69 Å². The number of aromatic nitrogens is 4. The number of nitrogens with zero attached hydrogens (tertiary/aromatic N) is 4. The minimum absolute atomic E-state index is 0.0146. The molecule has 0 spiro atoms. The average Bonchev–Trinajstić information content (AvgIpc) is 2.85.